The molecule has 0 fully saturated rings. The first-order chi connectivity index (χ1) is 7.10. The van der Waals surface area contributed by atoms with Crippen LogP contribution in [-0.2, 0) is 14.3 Å². The number of carbonyl (C=O) groups is 1. The maximum atomic E-state index is 9.82. The van der Waals surface area contributed by atoms with Crippen molar-refractivity contribution >= 4 is 5.97 Å². The van der Waals surface area contributed by atoms with Gasteiger partial charge in [-0.05, 0) is 20.3 Å². The van der Waals surface area contributed by atoms with E-state index in [9.17, 15) is 4.79 Å². The zero-order valence-electron chi connectivity index (χ0n) is 10.2. The monoisotopic (exact) mass is 224 g/mol. The fourth-order valence-corrected chi connectivity index (χ4v) is 0.412. The van der Waals surface area contributed by atoms with E-state index in [2.05, 4.69) is 9.47 Å². The second kappa shape index (κ2) is 23.3. The highest BCUT2D eigenvalue weighted by Crippen LogP contribution is 1.73. The van der Waals surface area contributed by atoms with E-state index >= 15 is 0 Å². The Morgan fingerprint density at radius 3 is 1.80 bits per heavy atom. The topological polar surface area (TPSA) is 76.0 Å². The van der Waals surface area contributed by atoms with Crippen LogP contribution in [0, 0.1) is 0 Å². The fraction of sp³-hybridized carbons (Fsp3) is 0.900. The van der Waals surface area contributed by atoms with Crippen LogP contribution in [-0.4, -0.2) is 49.7 Å². The molecule has 0 aromatic carbocycles. The summed E-state index contributed by atoms with van der Waals surface area (Å²) in [6.07, 6.45) is 0.747. The molecule has 0 rings (SSSR count). The molecule has 0 spiro atoms. The minimum atomic E-state index is -0.211. The number of aliphatic hydroxyl groups is 2. The van der Waals surface area contributed by atoms with Gasteiger partial charge in [0.2, 0.25) is 0 Å². The molecular formula is C10H24O5. The van der Waals surface area contributed by atoms with E-state index < -0.39 is 0 Å². The molecule has 0 heterocycles. The Balaban J connectivity index is -0.000000153. The van der Waals surface area contributed by atoms with Gasteiger partial charge in [0, 0.05) is 33.9 Å². The van der Waals surface area contributed by atoms with Crippen LogP contribution in [0.3, 0.4) is 0 Å². The smallest absolute Gasteiger partial charge is 0.302 e. The zero-order valence-corrected chi connectivity index (χ0v) is 10.2. The fourth-order valence-electron chi connectivity index (χ4n) is 0.412. The standard InChI is InChI=1S/C4H10O2.C4H8O2.C2H6O/c1-6-4-2-3-5;1-3-6-4(2)5;1-2-3/h5H,2-4H2,1H3;3H2,1-2H3;3H,2H2,1H3. The Kier molecular flexibility index (Phi) is 30.8. The molecule has 0 aliphatic carbocycles. The predicted molar refractivity (Wildman–Crippen MR) is 58.6 cm³/mol. The highest BCUT2D eigenvalue weighted by molar-refractivity contribution is 5.65. The SMILES string of the molecule is CCO.CCOC(C)=O.COCCCO. The second-order valence-electron chi connectivity index (χ2n) is 2.31. The molecule has 94 valence electrons. The zero-order chi connectivity index (χ0) is 12.5. The lowest BCUT2D eigenvalue weighted by atomic mass is 10.5. The molecule has 0 saturated heterocycles. The van der Waals surface area contributed by atoms with E-state index in [1.807, 2.05) is 0 Å². The van der Waals surface area contributed by atoms with E-state index in [4.69, 9.17) is 10.2 Å². The first kappa shape index (κ1) is 19.9. The van der Waals surface area contributed by atoms with Crippen molar-refractivity contribution in [1.29, 1.82) is 0 Å². The Hall–Kier alpha value is -0.650. The number of hydrogen-bond acceptors (Lipinski definition) is 5. The maximum Gasteiger partial charge on any atom is 0.302 e. The number of rotatable bonds is 4. The number of aliphatic hydroxyl groups excluding tert-OH is 2. The van der Waals surface area contributed by atoms with Crippen LogP contribution in [0.15, 0.2) is 0 Å². The van der Waals surface area contributed by atoms with Gasteiger partial charge in [-0.25, -0.2) is 0 Å². The van der Waals surface area contributed by atoms with Gasteiger partial charge in [-0.3, -0.25) is 4.79 Å². The first-order valence-corrected chi connectivity index (χ1v) is 4.94. The number of ether oxygens (including phenoxy) is 2. The molecule has 0 aliphatic rings. The van der Waals surface area contributed by atoms with Crippen LogP contribution in [0.4, 0.5) is 0 Å². The summed E-state index contributed by atoms with van der Waals surface area (Å²) in [6, 6.07) is 0. The van der Waals surface area contributed by atoms with Crippen LogP contribution in [0.1, 0.15) is 27.2 Å². The lowest BCUT2D eigenvalue weighted by molar-refractivity contribution is -0.140. The molecule has 0 amide bonds. The summed E-state index contributed by atoms with van der Waals surface area (Å²) >= 11 is 0. The van der Waals surface area contributed by atoms with Gasteiger partial charge in [0.1, 0.15) is 0 Å². The summed E-state index contributed by atoms with van der Waals surface area (Å²) in [7, 11) is 1.62. The lowest BCUT2D eigenvalue weighted by Gasteiger charge is -1.89. The molecule has 0 saturated carbocycles. The van der Waals surface area contributed by atoms with E-state index in [0.717, 1.165) is 6.42 Å². The van der Waals surface area contributed by atoms with Crippen LogP contribution >= 0.6 is 0 Å². The van der Waals surface area contributed by atoms with Gasteiger partial charge in [0.25, 0.3) is 0 Å². The number of carbonyl (C=O) groups excluding carboxylic acids is 1. The van der Waals surface area contributed by atoms with Crippen molar-refractivity contribution in [2.45, 2.75) is 27.2 Å². The van der Waals surface area contributed by atoms with E-state index in [1.165, 1.54) is 6.92 Å². The quantitative estimate of drug-likeness (QED) is 0.539. The van der Waals surface area contributed by atoms with E-state index in [1.54, 1.807) is 21.0 Å². The van der Waals surface area contributed by atoms with Gasteiger partial charge in [-0.15, -0.1) is 0 Å². The summed E-state index contributed by atoms with van der Waals surface area (Å²) in [4.78, 5) is 9.82. The molecule has 0 unspecified atom stereocenters. The van der Waals surface area contributed by atoms with Gasteiger partial charge >= 0.3 is 5.97 Å². The molecule has 2 N–H and O–H groups in total. The van der Waals surface area contributed by atoms with Crippen LogP contribution in [0.5, 0.6) is 0 Å². The van der Waals surface area contributed by atoms with Gasteiger partial charge in [0.05, 0.1) is 6.61 Å². The molecule has 0 aromatic rings. The number of esters is 1. The van der Waals surface area contributed by atoms with Crippen LogP contribution in [0.25, 0.3) is 0 Å². The molecule has 5 nitrogen and oxygen atoms in total. The van der Waals surface area contributed by atoms with Crippen molar-refractivity contribution in [2.24, 2.45) is 0 Å². The third kappa shape index (κ3) is 60.1. The largest absolute Gasteiger partial charge is 0.466 e. The van der Waals surface area contributed by atoms with Crippen molar-refractivity contribution in [3.8, 4) is 0 Å². The average Bonchev–Trinajstić information content (AvgIpc) is 2.16. The minimum Gasteiger partial charge on any atom is -0.466 e. The molecule has 15 heavy (non-hydrogen) atoms. The predicted octanol–water partition coefficient (Wildman–Crippen LogP) is 0.583. The Labute approximate surface area is 92.0 Å². The lowest BCUT2D eigenvalue weighted by Crippen LogP contribution is -1.95. The van der Waals surface area contributed by atoms with Gasteiger partial charge in [-0.2, -0.15) is 0 Å². The van der Waals surface area contributed by atoms with Crippen molar-refractivity contribution in [2.75, 3.05) is 33.5 Å². The summed E-state index contributed by atoms with van der Waals surface area (Å²) < 4.78 is 9.02. The number of methoxy groups -OCH3 is 1. The van der Waals surface area contributed by atoms with Crippen molar-refractivity contribution < 1.29 is 24.5 Å². The molecule has 5 heteroatoms. The summed E-state index contributed by atoms with van der Waals surface area (Å²) in [5.74, 6) is -0.211. The first-order valence-electron chi connectivity index (χ1n) is 4.94. The Bertz CT molecular complexity index is 102. The molecule has 0 aromatic heterocycles. The van der Waals surface area contributed by atoms with Crippen LogP contribution < -0.4 is 0 Å². The highest BCUT2D eigenvalue weighted by atomic mass is 16.5. The molecule has 0 atom stereocenters. The molecule has 0 aliphatic heterocycles. The summed E-state index contributed by atoms with van der Waals surface area (Å²) in [5.41, 5.74) is 0. The average molecular weight is 224 g/mol. The van der Waals surface area contributed by atoms with Crippen molar-refractivity contribution in [3.63, 3.8) is 0 Å². The van der Waals surface area contributed by atoms with Crippen molar-refractivity contribution in [3.05, 3.63) is 0 Å². The minimum absolute atomic E-state index is 0.211. The summed E-state index contributed by atoms with van der Waals surface area (Å²) in [5, 5.41) is 15.7. The highest BCUT2D eigenvalue weighted by Gasteiger charge is 1.81. The van der Waals surface area contributed by atoms with Gasteiger partial charge in [-0.1, -0.05) is 0 Å². The van der Waals surface area contributed by atoms with E-state index in [0.29, 0.717) is 13.2 Å². The number of hydrogen-bond donors (Lipinski definition) is 2. The molecule has 0 radical (unpaired) electrons. The van der Waals surface area contributed by atoms with Crippen molar-refractivity contribution in [1.82, 2.24) is 0 Å². The normalized spacial score (nSPS) is 7.87. The third-order valence-electron chi connectivity index (χ3n) is 0.854. The summed E-state index contributed by atoms with van der Waals surface area (Å²) in [6.45, 7) is 6.48. The van der Waals surface area contributed by atoms with E-state index in [-0.39, 0.29) is 19.2 Å². The molecular weight excluding hydrogens is 200 g/mol. The van der Waals surface area contributed by atoms with Gasteiger partial charge < -0.3 is 19.7 Å². The maximum absolute atomic E-state index is 9.82. The van der Waals surface area contributed by atoms with Crippen LogP contribution in [0.2, 0.25) is 0 Å². The molecule has 0 bridgehead atoms. The third-order valence-corrected chi connectivity index (χ3v) is 0.854. The van der Waals surface area contributed by atoms with Gasteiger partial charge in [0.15, 0.2) is 0 Å². The Morgan fingerprint density at radius 1 is 1.27 bits per heavy atom. The Morgan fingerprint density at radius 2 is 1.73 bits per heavy atom. The second-order valence-corrected chi connectivity index (χ2v) is 2.31.